The summed E-state index contributed by atoms with van der Waals surface area (Å²) in [5, 5.41) is 0. The summed E-state index contributed by atoms with van der Waals surface area (Å²) < 4.78 is 4.65. The zero-order valence-electron chi connectivity index (χ0n) is 11.8. The average Bonchev–Trinajstić information content (AvgIpc) is 2.42. The van der Waals surface area contributed by atoms with Gasteiger partial charge in [0.15, 0.2) is 0 Å². The van der Waals surface area contributed by atoms with Crippen LogP contribution < -0.4 is 0 Å². The van der Waals surface area contributed by atoms with Crippen molar-refractivity contribution in [3.8, 4) is 0 Å². The lowest BCUT2D eigenvalue weighted by atomic mass is 10.0. The number of methoxy groups -OCH3 is 1. The molecule has 0 atom stereocenters. The van der Waals surface area contributed by atoms with Crippen LogP contribution >= 0.6 is 0 Å². The van der Waals surface area contributed by atoms with Gasteiger partial charge in [0.05, 0.1) is 12.7 Å². The summed E-state index contributed by atoms with van der Waals surface area (Å²) in [6.07, 6.45) is 6.09. The third-order valence-electron chi connectivity index (χ3n) is 3.12. The molecule has 0 aliphatic rings. The van der Waals surface area contributed by atoms with Gasteiger partial charge in [-0.15, -0.1) is 0 Å². The summed E-state index contributed by atoms with van der Waals surface area (Å²) in [4.78, 5) is 22.0. The predicted octanol–water partition coefficient (Wildman–Crippen LogP) is 3.56. The highest BCUT2D eigenvalue weighted by Crippen LogP contribution is 2.11. The van der Waals surface area contributed by atoms with Crippen molar-refractivity contribution in [3.05, 3.63) is 35.4 Å². The van der Waals surface area contributed by atoms with E-state index in [0.29, 0.717) is 12.0 Å². The van der Waals surface area contributed by atoms with Crippen LogP contribution in [0.2, 0.25) is 0 Å². The number of benzene rings is 1. The molecule has 3 nitrogen and oxygen atoms in total. The van der Waals surface area contributed by atoms with E-state index in [1.54, 1.807) is 19.1 Å². The summed E-state index contributed by atoms with van der Waals surface area (Å²) in [5.41, 5.74) is 1.83. The smallest absolute Gasteiger partial charge is 0.337 e. The number of ketones is 1. The van der Waals surface area contributed by atoms with Gasteiger partial charge in [0.2, 0.25) is 0 Å². The molecule has 0 aromatic heterocycles. The lowest BCUT2D eigenvalue weighted by Gasteiger charge is -2.03. The number of carbonyl (C=O) groups is 2. The van der Waals surface area contributed by atoms with Crippen LogP contribution in [0, 0.1) is 0 Å². The molecule has 0 radical (unpaired) electrons. The minimum Gasteiger partial charge on any atom is -0.465 e. The van der Waals surface area contributed by atoms with E-state index < -0.39 is 0 Å². The Morgan fingerprint density at radius 3 is 2.21 bits per heavy atom. The quantitative estimate of drug-likeness (QED) is 0.531. The van der Waals surface area contributed by atoms with Gasteiger partial charge in [-0.05, 0) is 43.9 Å². The van der Waals surface area contributed by atoms with E-state index in [1.807, 2.05) is 12.1 Å². The van der Waals surface area contributed by atoms with Crippen LogP contribution in [-0.4, -0.2) is 18.9 Å². The molecule has 0 aliphatic carbocycles. The van der Waals surface area contributed by atoms with Crippen LogP contribution in [0.25, 0.3) is 0 Å². The van der Waals surface area contributed by atoms with Crippen LogP contribution in [0.3, 0.4) is 0 Å². The van der Waals surface area contributed by atoms with Crippen molar-refractivity contribution in [1.82, 2.24) is 0 Å². The highest BCUT2D eigenvalue weighted by molar-refractivity contribution is 5.89. The molecule has 1 aromatic carbocycles. The number of hydrogen-bond acceptors (Lipinski definition) is 3. The summed E-state index contributed by atoms with van der Waals surface area (Å²) in [5.74, 6) is -0.0193. The van der Waals surface area contributed by atoms with Crippen molar-refractivity contribution >= 4 is 11.8 Å². The number of rotatable bonds is 8. The Bertz CT molecular complexity index is 407. The number of unbranched alkanes of at least 4 members (excludes halogenated alkanes) is 3. The Kier molecular flexibility index (Phi) is 6.86. The van der Waals surface area contributed by atoms with Gasteiger partial charge >= 0.3 is 5.97 Å². The molecule has 0 heterocycles. The third-order valence-corrected chi connectivity index (χ3v) is 3.12. The molecule has 0 bridgehead atoms. The lowest BCUT2D eigenvalue weighted by Crippen LogP contribution is -2.00. The normalized spacial score (nSPS) is 10.2. The van der Waals surface area contributed by atoms with Gasteiger partial charge in [0.25, 0.3) is 0 Å². The van der Waals surface area contributed by atoms with Gasteiger partial charge in [-0.25, -0.2) is 4.79 Å². The van der Waals surface area contributed by atoms with E-state index in [2.05, 4.69) is 4.74 Å². The molecule has 0 saturated carbocycles. The molecule has 0 aliphatic heterocycles. The Morgan fingerprint density at radius 1 is 1.00 bits per heavy atom. The first-order chi connectivity index (χ1) is 9.13. The molecule has 0 fully saturated rings. The Morgan fingerprint density at radius 2 is 1.63 bits per heavy atom. The van der Waals surface area contributed by atoms with E-state index in [9.17, 15) is 9.59 Å². The maximum Gasteiger partial charge on any atom is 0.337 e. The Balaban J connectivity index is 2.23. The number of aryl methyl sites for hydroxylation is 1. The summed E-state index contributed by atoms with van der Waals surface area (Å²) in [6, 6.07) is 7.55. The molecular formula is C16H22O3. The zero-order valence-corrected chi connectivity index (χ0v) is 11.8. The topological polar surface area (TPSA) is 43.4 Å². The predicted molar refractivity (Wildman–Crippen MR) is 75.3 cm³/mol. The number of Topliss-reactive ketones (excluding diaryl/α,β-unsaturated/α-hetero) is 1. The number of ether oxygens (including phenoxy) is 1. The van der Waals surface area contributed by atoms with E-state index in [1.165, 1.54) is 12.7 Å². The van der Waals surface area contributed by atoms with Gasteiger partial charge < -0.3 is 9.53 Å². The number of hydrogen-bond donors (Lipinski definition) is 0. The second-order valence-corrected chi connectivity index (χ2v) is 4.80. The third kappa shape index (κ3) is 6.18. The van der Waals surface area contributed by atoms with E-state index in [-0.39, 0.29) is 11.8 Å². The fourth-order valence-corrected chi connectivity index (χ4v) is 1.98. The van der Waals surface area contributed by atoms with Gasteiger partial charge in [0.1, 0.15) is 5.78 Å². The molecule has 19 heavy (non-hydrogen) atoms. The van der Waals surface area contributed by atoms with E-state index in [0.717, 1.165) is 32.1 Å². The maximum absolute atomic E-state index is 11.3. The van der Waals surface area contributed by atoms with Crippen LogP contribution in [0.15, 0.2) is 24.3 Å². The monoisotopic (exact) mass is 262 g/mol. The van der Waals surface area contributed by atoms with Crippen molar-refractivity contribution < 1.29 is 14.3 Å². The summed E-state index contributed by atoms with van der Waals surface area (Å²) in [6.45, 7) is 1.64. The Labute approximate surface area is 115 Å². The molecule has 0 N–H and O–H groups in total. The van der Waals surface area contributed by atoms with Gasteiger partial charge in [-0.2, -0.15) is 0 Å². The first-order valence-electron chi connectivity index (χ1n) is 6.80. The zero-order chi connectivity index (χ0) is 14.1. The fourth-order valence-electron chi connectivity index (χ4n) is 1.98. The highest BCUT2D eigenvalue weighted by Gasteiger charge is 2.04. The number of carbonyl (C=O) groups excluding carboxylic acids is 2. The average molecular weight is 262 g/mol. The molecular weight excluding hydrogens is 240 g/mol. The minimum atomic E-state index is -0.296. The van der Waals surface area contributed by atoms with Crippen LogP contribution in [0.5, 0.6) is 0 Å². The SMILES string of the molecule is COC(=O)c1ccc(CCCCCCC(C)=O)cc1. The molecule has 104 valence electrons. The van der Waals surface area contributed by atoms with E-state index >= 15 is 0 Å². The maximum atomic E-state index is 11.3. The molecule has 0 unspecified atom stereocenters. The fraction of sp³-hybridized carbons (Fsp3) is 0.500. The summed E-state index contributed by atoms with van der Waals surface area (Å²) >= 11 is 0. The molecule has 0 spiro atoms. The molecule has 3 heteroatoms. The van der Waals surface area contributed by atoms with Crippen molar-refractivity contribution in [3.63, 3.8) is 0 Å². The van der Waals surface area contributed by atoms with Crippen LogP contribution in [0.1, 0.15) is 54.9 Å². The van der Waals surface area contributed by atoms with Crippen molar-refractivity contribution in [2.24, 2.45) is 0 Å². The van der Waals surface area contributed by atoms with Crippen molar-refractivity contribution in [1.29, 1.82) is 0 Å². The van der Waals surface area contributed by atoms with Gasteiger partial charge in [0, 0.05) is 6.42 Å². The Hall–Kier alpha value is -1.64. The molecule has 1 aromatic rings. The van der Waals surface area contributed by atoms with Crippen LogP contribution in [0.4, 0.5) is 0 Å². The second kappa shape index (κ2) is 8.46. The van der Waals surface area contributed by atoms with E-state index in [4.69, 9.17) is 0 Å². The van der Waals surface area contributed by atoms with Gasteiger partial charge in [-0.1, -0.05) is 25.0 Å². The first-order valence-corrected chi connectivity index (χ1v) is 6.80. The van der Waals surface area contributed by atoms with Crippen molar-refractivity contribution in [2.45, 2.75) is 45.4 Å². The van der Waals surface area contributed by atoms with Crippen molar-refractivity contribution in [2.75, 3.05) is 7.11 Å². The van der Waals surface area contributed by atoms with Gasteiger partial charge in [-0.3, -0.25) is 0 Å². The standard InChI is InChI=1S/C16H22O3/c1-13(17)7-5-3-4-6-8-14-9-11-15(12-10-14)16(18)19-2/h9-12H,3-8H2,1-2H3. The lowest BCUT2D eigenvalue weighted by molar-refractivity contribution is -0.117. The second-order valence-electron chi connectivity index (χ2n) is 4.80. The largest absolute Gasteiger partial charge is 0.465 e. The molecule has 0 saturated heterocycles. The van der Waals surface area contributed by atoms with Crippen LogP contribution in [-0.2, 0) is 16.0 Å². The highest BCUT2D eigenvalue weighted by atomic mass is 16.5. The summed E-state index contributed by atoms with van der Waals surface area (Å²) in [7, 11) is 1.39. The first kappa shape index (κ1) is 15.4. The minimum absolute atomic E-state index is 0.276. The molecule has 1 rings (SSSR count). The molecule has 0 amide bonds. The number of esters is 1.